The summed E-state index contributed by atoms with van der Waals surface area (Å²) in [6, 6.07) is 9.32. The topological polar surface area (TPSA) is 65.7 Å². The molecule has 5 heteroatoms. The van der Waals surface area contributed by atoms with Crippen LogP contribution in [-0.4, -0.2) is 19.0 Å². The van der Waals surface area contributed by atoms with E-state index in [4.69, 9.17) is 13.9 Å². The maximum absolute atomic E-state index is 12.8. The van der Waals surface area contributed by atoms with Crippen LogP contribution in [0.2, 0.25) is 0 Å². The average molecular weight is 479 g/mol. The molecule has 2 saturated carbocycles. The highest BCUT2D eigenvalue weighted by Crippen LogP contribution is 2.62. The molecule has 2 fully saturated rings. The van der Waals surface area contributed by atoms with Crippen molar-refractivity contribution < 1.29 is 23.5 Å². The van der Waals surface area contributed by atoms with Gasteiger partial charge >= 0.3 is 11.9 Å². The summed E-state index contributed by atoms with van der Waals surface area (Å²) in [6.45, 7) is 11.0. The first-order chi connectivity index (χ1) is 16.7. The summed E-state index contributed by atoms with van der Waals surface area (Å²) in [5.41, 5.74) is 3.55. The highest BCUT2D eigenvalue weighted by atomic mass is 16.5. The number of methoxy groups -OCH3 is 1. The first kappa shape index (κ1) is 25.3. The van der Waals surface area contributed by atoms with Gasteiger partial charge in [-0.1, -0.05) is 43.2 Å². The van der Waals surface area contributed by atoms with Crippen LogP contribution >= 0.6 is 0 Å². The Morgan fingerprint density at radius 3 is 2.60 bits per heavy atom. The van der Waals surface area contributed by atoms with Crippen molar-refractivity contribution in [2.75, 3.05) is 7.11 Å². The van der Waals surface area contributed by atoms with E-state index in [1.807, 2.05) is 25.1 Å². The van der Waals surface area contributed by atoms with Crippen LogP contribution in [0.25, 0.3) is 0 Å². The Labute approximate surface area is 208 Å². The molecule has 0 saturated heterocycles. The van der Waals surface area contributed by atoms with E-state index in [0.29, 0.717) is 17.2 Å². The third-order valence-electron chi connectivity index (χ3n) is 8.83. The fourth-order valence-electron chi connectivity index (χ4n) is 6.88. The highest BCUT2D eigenvalue weighted by molar-refractivity contribution is 5.89. The van der Waals surface area contributed by atoms with E-state index in [1.54, 1.807) is 18.4 Å². The quantitative estimate of drug-likeness (QED) is 0.322. The molecular weight excluding hydrogens is 440 g/mol. The van der Waals surface area contributed by atoms with E-state index >= 15 is 0 Å². The van der Waals surface area contributed by atoms with E-state index in [9.17, 15) is 9.59 Å². The molecule has 35 heavy (non-hydrogen) atoms. The number of furan rings is 1. The molecule has 188 valence electrons. The number of esters is 2. The Bertz CT molecular complexity index is 1080. The van der Waals surface area contributed by atoms with Gasteiger partial charge in [0, 0.05) is 0 Å². The van der Waals surface area contributed by atoms with Gasteiger partial charge in [-0.2, -0.15) is 0 Å². The van der Waals surface area contributed by atoms with Crippen molar-refractivity contribution in [3.8, 4) is 0 Å². The summed E-state index contributed by atoms with van der Waals surface area (Å²) in [6.07, 6.45) is 8.36. The molecule has 0 bridgehead atoms. The first-order valence-electron chi connectivity index (χ1n) is 12.7. The molecule has 2 aromatic rings. The summed E-state index contributed by atoms with van der Waals surface area (Å²) in [5.74, 6) is 0.867. The van der Waals surface area contributed by atoms with Gasteiger partial charge in [0.05, 0.1) is 24.4 Å². The smallest absolute Gasteiger partial charge is 0.338 e. The molecule has 0 N–H and O–H groups in total. The summed E-state index contributed by atoms with van der Waals surface area (Å²) >= 11 is 0. The number of carbonyl (C=O) groups excluding carboxylic acids is 2. The molecule has 2 aliphatic rings. The molecule has 0 radical (unpaired) electrons. The Morgan fingerprint density at radius 1 is 1.14 bits per heavy atom. The molecule has 5 nitrogen and oxygen atoms in total. The standard InChI is InChI=1S/C30H38O5/c1-20-7-10-23(11-8-20)27(31)35-19-25-22(15-18-34-25)12-13-24-21(2)9-14-26-29(24,3)16-6-17-30(26,4)28(32)33-5/h7-8,10-11,15,18,24,26H,2,6,9,12-14,16-17,19H2,1,3-5H3/t24-,26+,29-,30+/m1/s1. The second-order valence-corrected chi connectivity index (χ2v) is 10.9. The van der Waals surface area contributed by atoms with Crippen LogP contribution in [0.1, 0.15) is 79.6 Å². The van der Waals surface area contributed by atoms with Gasteiger partial charge in [0.25, 0.3) is 0 Å². The van der Waals surface area contributed by atoms with E-state index in [0.717, 1.165) is 56.1 Å². The second kappa shape index (κ2) is 10.0. The zero-order chi connectivity index (χ0) is 25.2. The lowest BCUT2D eigenvalue weighted by atomic mass is 9.46. The lowest BCUT2D eigenvalue weighted by Crippen LogP contribution is -2.53. The number of rotatable bonds is 7. The van der Waals surface area contributed by atoms with Crippen molar-refractivity contribution in [2.45, 2.75) is 72.3 Å². The minimum Gasteiger partial charge on any atom is -0.469 e. The number of fused-ring (bicyclic) bond motifs is 1. The fourth-order valence-corrected chi connectivity index (χ4v) is 6.88. The number of carbonyl (C=O) groups is 2. The molecule has 4 atom stereocenters. The number of benzene rings is 1. The number of allylic oxidation sites excluding steroid dienone is 1. The number of hydrogen-bond donors (Lipinski definition) is 0. The minimum atomic E-state index is -0.439. The largest absolute Gasteiger partial charge is 0.469 e. The molecule has 1 aromatic carbocycles. The Kier molecular flexibility index (Phi) is 7.25. The number of aryl methyl sites for hydroxylation is 2. The molecular formula is C30H38O5. The van der Waals surface area contributed by atoms with Crippen molar-refractivity contribution in [2.24, 2.45) is 22.7 Å². The van der Waals surface area contributed by atoms with Crippen LogP contribution in [0.4, 0.5) is 0 Å². The van der Waals surface area contributed by atoms with Crippen LogP contribution in [0.15, 0.2) is 53.2 Å². The monoisotopic (exact) mass is 478 g/mol. The summed E-state index contributed by atoms with van der Waals surface area (Å²) in [7, 11) is 1.50. The Morgan fingerprint density at radius 2 is 1.89 bits per heavy atom. The van der Waals surface area contributed by atoms with Gasteiger partial charge in [0.1, 0.15) is 12.4 Å². The Hall–Kier alpha value is -2.82. The van der Waals surface area contributed by atoms with E-state index in [1.165, 1.54) is 12.7 Å². The van der Waals surface area contributed by atoms with Gasteiger partial charge in [-0.05, 0) is 93.4 Å². The molecule has 1 aromatic heterocycles. The van der Waals surface area contributed by atoms with Crippen molar-refractivity contribution in [3.63, 3.8) is 0 Å². The van der Waals surface area contributed by atoms with Crippen LogP contribution < -0.4 is 0 Å². The zero-order valence-electron chi connectivity index (χ0n) is 21.5. The summed E-state index contributed by atoms with van der Waals surface area (Å²) < 4.78 is 16.5. The van der Waals surface area contributed by atoms with Crippen LogP contribution in [0.3, 0.4) is 0 Å². The Balaban J connectivity index is 1.44. The lowest BCUT2D eigenvalue weighted by Gasteiger charge is -2.57. The van der Waals surface area contributed by atoms with E-state index in [2.05, 4.69) is 20.4 Å². The van der Waals surface area contributed by atoms with E-state index < -0.39 is 5.41 Å². The third-order valence-corrected chi connectivity index (χ3v) is 8.83. The maximum atomic E-state index is 12.8. The normalized spacial score (nSPS) is 28.3. The lowest BCUT2D eigenvalue weighted by molar-refractivity contribution is -0.168. The van der Waals surface area contributed by atoms with Crippen molar-refractivity contribution >= 4 is 11.9 Å². The second-order valence-electron chi connectivity index (χ2n) is 10.9. The molecule has 0 spiro atoms. The predicted octanol–water partition coefficient (Wildman–Crippen LogP) is 6.83. The van der Waals surface area contributed by atoms with Gasteiger partial charge in [-0.15, -0.1) is 0 Å². The van der Waals surface area contributed by atoms with Crippen molar-refractivity contribution in [1.82, 2.24) is 0 Å². The average Bonchev–Trinajstić information content (AvgIpc) is 3.29. The minimum absolute atomic E-state index is 0.0122. The zero-order valence-corrected chi connectivity index (χ0v) is 21.5. The maximum Gasteiger partial charge on any atom is 0.338 e. The van der Waals surface area contributed by atoms with Gasteiger partial charge in [0.2, 0.25) is 0 Å². The van der Waals surface area contributed by atoms with Crippen molar-refractivity contribution in [3.05, 3.63) is 71.2 Å². The van der Waals surface area contributed by atoms with Crippen LogP contribution in [-0.2, 0) is 27.3 Å². The van der Waals surface area contributed by atoms with Crippen molar-refractivity contribution in [1.29, 1.82) is 0 Å². The predicted molar refractivity (Wildman–Crippen MR) is 135 cm³/mol. The molecule has 0 unspecified atom stereocenters. The molecule has 4 rings (SSSR count). The number of hydrogen-bond acceptors (Lipinski definition) is 5. The van der Waals surface area contributed by atoms with E-state index in [-0.39, 0.29) is 29.9 Å². The van der Waals surface area contributed by atoms with Gasteiger partial charge in [-0.25, -0.2) is 4.79 Å². The van der Waals surface area contributed by atoms with Crippen LogP contribution in [0.5, 0.6) is 0 Å². The summed E-state index contributed by atoms with van der Waals surface area (Å²) in [4.78, 5) is 25.2. The van der Waals surface area contributed by atoms with Gasteiger partial charge in [0.15, 0.2) is 0 Å². The molecule has 0 aliphatic heterocycles. The third kappa shape index (κ3) is 4.82. The van der Waals surface area contributed by atoms with Gasteiger partial charge < -0.3 is 13.9 Å². The summed E-state index contributed by atoms with van der Waals surface area (Å²) in [5, 5.41) is 0. The molecule has 2 aliphatic carbocycles. The molecule has 1 heterocycles. The molecule has 0 amide bonds. The van der Waals surface area contributed by atoms with Gasteiger partial charge in [-0.3, -0.25) is 4.79 Å². The first-order valence-corrected chi connectivity index (χ1v) is 12.7. The number of ether oxygens (including phenoxy) is 2. The fraction of sp³-hybridized carbons (Fsp3) is 0.533. The SMILES string of the molecule is C=C1CC[C@H]2[C@](C)(CCC[C@]2(C)C(=O)OC)[C@@H]1CCc1ccoc1COC(=O)c1ccc(C)cc1. The highest BCUT2D eigenvalue weighted by Gasteiger charge is 2.57. The van der Waals surface area contributed by atoms with Crippen LogP contribution in [0, 0.1) is 29.6 Å².